The quantitative estimate of drug-likeness (QED) is 0.164. The van der Waals surface area contributed by atoms with Crippen LogP contribution in [0.1, 0.15) is 31.1 Å². The highest BCUT2D eigenvalue weighted by molar-refractivity contribution is 6.22. The summed E-state index contributed by atoms with van der Waals surface area (Å²) < 4.78 is 10.5. The molecule has 10 heteroatoms. The number of esters is 1. The second-order valence-electron chi connectivity index (χ2n) is 7.20. The van der Waals surface area contributed by atoms with E-state index in [-0.39, 0.29) is 22.4 Å². The number of non-ortho nitro benzene ring substituents is 1. The highest BCUT2D eigenvalue weighted by Crippen LogP contribution is 2.24. The SMILES string of the molecule is O=C(CN1C(=O)c2ccccc2C1=O)OCC(=O)c1ccc(Oc2ccc([N+](=O)[O-])cc2)cc1. The molecule has 0 saturated carbocycles. The van der Waals surface area contributed by atoms with Crippen molar-refractivity contribution in [1.29, 1.82) is 0 Å². The van der Waals surface area contributed by atoms with Crippen molar-refractivity contribution in [1.82, 2.24) is 4.90 Å². The zero-order chi connectivity index (χ0) is 24.2. The topological polar surface area (TPSA) is 133 Å². The lowest BCUT2D eigenvalue weighted by Crippen LogP contribution is -2.36. The minimum Gasteiger partial charge on any atom is -0.457 e. The molecule has 1 heterocycles. The molecule has 0 aromatic heterocycles. The Morgan fingerprint density at radius 2 is 1.35 bits per heavy atom. The number of nitro benzene ring substituents is 1. The number of carbonyl (C=O) groups excluding carboxylic acids is 4. The maximum atomic E-state index is 12.3. The fourth-order valence-corrected chi connectivity index (χ4v) is 3.27. The van der Waals surface area contributed by atoms with Crippen LogP contribution in [0.5, 0.6) is 11.5 Å². The van der Waals surface area contributed by atoms with Crippen LogP contribution in [0.3, 0.4) is 0 Å². The summed E-state index contributed by atoms with van der Waals surface area (Å²) in [5.41, 5.74) is 0.621. The number of ether oxygens (including phenoxy) is 2. The molecular weight excluding hydrogens is 444 g/mol. The van der Waals surface area contributed by atoms with Crippen LogP contribution in [0.2, 0.25) is 0 Å². The minimum atomic E-state index is -0.888. The van der Waals surface area contributed by atoms with Crippen LogP contribution in [-0.4, -0.2) is 46.5 Å². The number of rotatable bonds is 8. The molecule has 0 fully saturated rings. The molecule has 0 atom stereocenters. The lowest BCUT2D eigenvalue weighted by Gasteiger charge is -2.13. The highest BCUT2D eigenvalue weighted by atomic mass is 16.6. The number of imide groups is 1. The van der Waals surface area contributed by atoms with Gasteiger partial charge in [0.15, 0.2) is 12.4 Å². The number of fused-ring (bicyclic) bond motifs is 1. The Bertz CT molecular complexity index is 1260. The summed E-state index contributed by atoms with van der Waals surface area (Å²) >= 11 is 0. The highest BCUT2D eigenvalue weighted by Gasteiger charge is 2.36. The summed E-state index contributed by atoms with van der Waals surface area (Å²) in [6, 6.07) is 17.7. The molecular formula is C24H16N2O8. The van der Waals surface area contributed by atoms with E-state index in [2.05, 4.69) is 0 Å². The van der Waals surface area contributed by atoms with Crippen LogP contribution in [0.4, 0.5) is 5.69 Å². The third kappa shape index (κ3) is 4.65. The van der Waals surface area contributed by atoms with Crippen LogP contribution in [0.25, 0.3) is 0 Å². The van der Waals surface area contributed by atoms with E-state index in [4.69, 9.17) is 9.47 Å². The van der Waals surface area contributed by atoms with E-state index < -0.39 is 41.6 Å². The Balaban J connectivity index is 1.29. The normalized spacial score (nSPS) is 12.3. The lowest BCUT2D eigenvalue weighted by molar-refractivity contribution is -0.384. The van der Waals surface area contributed by atoms with Gasteiger partial charge in [-0.25, -0.2) is 0 Å². The van der Waals surface area contributed by atoms with E-state index in [1.165, 1.54) is 60.7 Å². The smallest absolute Gasteiger partial charge is 0.326 e. The van der Waals surface area contributed by atoms with Gasteiger partial charge in [0, 0.05) is 17.7 Å². The molecule has 3 aromatic carbocycles. The molecule has 0 bridgehead atoms. The number of hydrogen-bond acceptors (Lipinski definition) is 8. The first-order valence-electron chi connectivity index (χ1n) is 10.00. The van der Waals surface area contributed by atoms with Crippen molar-refractivity contribution in [3.05, 3.63) is 99.6 Å². The molecule has 1 aliphatic heterocycles. The summed E-state index contributed by atoms with van der Waals surface area (Å²) in [5, 5.41) is 10.7. The minimum absolute atomic E-state index is 0.0640. The number of nitrogens with zero attached hydrogens (tertiary/aromatic N) is 2. The molecule has 3 aromatic rings. The third-order valence-corrected chi connectivity index (χ3v) is 4.99. The van der Waals surface area contributed by atoms with Crippen molar-refractivity contribution in [2.75, 3.05) is 13.2 Å². The molecule has 0 unspecified atom stereocenters. The summed E-state index contributed by atoms with van der Waals surface area (Å²) in [4.78, 5) is 60.0. The van der Waals surface area contributed by atoms with Gasteiger partial charge in [-0.05, 0) is 48.5 Å². The van der Waals surface area contributed by atoms with E-state index in [1.807, 2.05) is 0 Å². The van der Waals surface area contributed by atoms with Crippen molar-refractivity contribution >= 4 is 29.3 Å². The van der Waals surface area contributed by atoms with E-state index in [0.29, 0.717) is 11.5 Å². The number of hydrogen-bond donors (Lipinski definition) is 0. The van der Waals surface area contributed by atoms with Gasteiger partial charge < -0.3 is 9.47 Å². The molecule has 0 spiro atoms. The van der Waals surface area contributed by atoms with Gasteiger partial charge in [0.25, 0.3) is 17.5 Å². The van der Waals surface area contributed by atoms with E-state index >= 15 is 0 Å². The van der Waals surface area contributed by atoms with Gasteiger partial charge in [-0.3, -0.25) is 34.2 Å². The van der Waals surface area contributed by atoms with Gasteiger partial charge in [0.2, 0.25) is 0 Å². The predicted octanol–water partition coefficient (Wildman–Crippen LogP) is 3.41. The Morgan fingerprint density at radius 3 is 1.88 bits per heavy atom. The molecule has 2 amide bonds. The predicted molar refractivity (Wildman–Crippen MR) is 117 cm³/mol. The zero-order valence-electron chi connectivity index (χ0n) is 17.5. The molecule has 0 saturated heterocycles. The van der Waals surface area contributed by atoms with E-state index in [0.717, 1.165) is 4.90 Å². The monoisotopic (exact) mass is 460 g/mol. The second kappa shape index (κ2) is 9.33. The largest absolute Gasteiger partial charge is 0.457 e. The first-order chi connectivity index (χ1) is 16.3. The van der Waals surface area contributed by atoms with Gasteiger partial charge in [-0.2, -0.15) is 0 Å². The molecule has 1 aliphatic rings. The van der Waals surface area contributed by atoms with Crippen molar-refractivity contribution < 1.29 is 33.6 Å². The molecule has 4 rings (SSSR count). The van der Waals surface area contributed by atoms with Crippen molar-refractivity contribution in [3.63, 3.8) is 0 Å². The number of Topliss-reactive ketones (excluding diaryl/α,β-unsaturated/α-hetero) is 1. The van der Waals surface area contributed by atoms with Crippen molar-refractivity contribution in [2.24, 2.45) is 0 Å². The third-order valence-electron chi connectivity index (χ3n) is 4.99. The van der Waals surface area contributed by atoms with Gasteiger partial charge in [-0.1, -0.05) is 12.1 Å². The van der Waals surface area contributed by atoms with Gasteiger partial charge in [0.05, 0.1) is 16.1 Å². The van der Waals surface area contributed by atoms with Crippen LogP contribution in [-0.2, 0) is 9.53 Å². The maximum Gasteiger partial charge on any atom is 0.326 e. The summed E-state index contributed by atoms with van der Waals surface area (Å²) in [6.07, 6.45) is 0. The van der Waals surface area contributed by atoms with Crippen molar-refractivity contribution in [3.8, 4) is 11.5 Å². The number of ketones is 1. The van der Waals surface area contributed by atoms with Crippen LogP contribution >= 0.6 is 0 Å². The zero-order valence-corrected chi connectivity index (χ0v) is 17.5. The molecule has 170 valence electrons. The van der Waals surface area contributed by atoms with Crippen LogP contribution in [0.15, 0.2) is 72.8 Å². The van der Waals surface area contributed by atoms with Gasteiger partial charge in [-0.15, -0.1) is 0 Å². The fraction of sp³-hybridized carbons (Fsp3) is 0.0833. The average molecular weight is 460 g/mol. The van der Waals surface area contributed by atoms with E-state index in [1.54, 1.807) is 12.1 Å². The molecule has 0 aliphatic carbocycles. The summed E-state index contributed by atoms with van der Waals surface area (Å²) in [6.45, 7) is -1.16. The first kappa shape index (κ1) is 22.3. The molecule has 34 heavy (non-hydrogen) atoms. The second-order valence-corrected chi connectivity index (χ2v) is 7.20. The van der Waals surface area contributed by atoms with Crippen molar-refractivity contribution in [2.45, 2.75) is 0 Å². The Hall–Kier alpha value is -4.86. The van der Waals surface area contributed by atoms with Crippen LogP contribution < -0.4 is 4.74 Å². The summed E-state index contributed by atoms with van der Waals surface area (Å²) in [5.74, 6) is -1.78. The first-order valence-corrected chi connectivity index (χ1v) is 10.00. The van der Waals surface area contributed by atoms with Crippen LogP contribution in [0, 0.1) is 10.1 Å². The lowest BCUT2D eigenvalue weighted by atomic mass is 10.1. The van der Waals surface area contributed by atoms with Gasteiger partial charge in [0.1, 0.15) is 18.0 Å². The average Bonchev–Trinajstić information content (AvgIpc) is 3.08. The van der Waals surface area contributed by atoms with Gasteiger partial charge >= 0.3 is 5.97 Å². The fourth-order valence-electron chi connectivity index (χ4n) is 3.27. The number of amides is 2. The Morgan fingerprint density at radius 1 is 0.824 bits per heavy atom. The Kier molecular flexibility index (Phi) is 6.13. The molecule has 0 radical (unpaired) electrons. The maximum absolute atomic E-state index is 12.3. The number of carbonyl (C=O) groups is 4. The Labute approximate surface area is 192 Å². The molecule has 0 N–H and O–H groups in total. The summed E-state index contributed by atoms with van der Waals surface area (Å²) in [7, 11) is 0. The standard InChI is InChI=1S/C24H16N2O8/c27-21(14-33-22(28)13-25-23(29)19-3-1-2-4-20(19)24(25)30)15-5-9-17(10-6-15)34-18-11-7-16(8-12-18)26(31)32/h1-12H,13-14H2. The number of benzene rings is 3. The molecule has 10 nitrogen and oxygen atoms in total. The number of nitro groups is 1. The van der Waals surface area contributed by atoms with E-state index in [9.17, 15) is 29.3 Å².